The van der Waals surface area contributed by atoms with Crippen molar-refractivity contribution < 1.29 is 17.9 Å². The van der Waals surface area contributed by atoms with Gasteiger partial charge in [-0.05, 0) is 31.5 Å². The van der Waals surface area contributed by atoms with Crippen molar-refractivity contribution in [3.63, 3.8) is 0 Å². The number of anilines is 1. The Morgan fingerprint density at radius 1 is 1.37 bits per heavy atom. The lowest BCUT2D eigenvalue weighted by Crippen LogP contribution is -2.44. The van der Waals surface area contributed by atoms with Crippen molar-refractivity contribution in [1.29, 1.82) is 0 Å². The van der Waals surface area contributed by atoms with Gasteiger partial charge in [-0.25, -0.2) is 8.42 Å². The number of rotatable bonds is 10. The number of guanidine groups is 1. The third kappa shape index (κ3) is 9.44. The molecule has 1 aliphatic rings. The molecule has 1 aromatic rings. The number of hydrogen-bond donors (Lipinski definition) is 2. The van der Waals surface area contributed by atoms with Crippen LogP contribution in [0.15, 0.2) is 23.2 Å². The molecular weight excluding hydrogens is 543 g/mol. The quantitative estimate of drug-likeness (QED) is 0.192. The topological polar surface area (TPSA) is 92.3 Å². The van der Waals surface area contributed by atoms with Crippen LogP contribution < -0.4 is 20.3 Å². The van der Waals surface area contributed by atoms with E-state index in [4.69, 9.17) is 21.1 Å². The van der Waals surface area contributed by atoms with E-state index >= 15 is 0 Å². The van der Waals surface area contributed by atoms with Crippen LogP contribution in [-0.2, 0) is 14.6 Å². The van der Waals surface area contributed by atoms with E-state index in [2.05, 4.69) is 20.5 Å². The molecule has 1 aliphatic heterocycles. The largest absolute Gasteiger partial charge is 0.495 e. The van der Waals surface area contributed by atoms with Gasteiger partial charge in [-0.3, -0.25) is 4.99 Å². The number of nitrogens with one attached hydrogen (secondary N) is 2. The average Bonchev–Trinajstić information content (AvgIpc) is 3.12. The fourth-order valence-corrected chi connectivity index (χ4v) is 3.64. The van der Waals surface area contributed by atoms with Crippen LogP contribution >= 0.6 is 35.6 Å². The lowest BCUT2D eigenvalue weighted by Gasteiger charge is -2.22. The number of halogens is 2. The molecule has 11 heteroatoms. The maximum atomic E-state index is 11.1. The van der Waals surface area contributed by atoms with Crippen molar-refractivity contribution in [3.8, 4) is 5.75 Å². The summed E-state index contributed by atoms with van der Waals surface area (Å²) in [5, 5.41) is 7.37. The van der Waals surface area contributed by atoms with Crippen LogP contribution in [0.25, 0.3) is 0 Å². The molecule has 2 rings (SSSR count). The second-order valence-electron chi connectivity index (χ2n) is 6.90. The molecule has 0 spiro atoms. The zero-order chi connectivity index (χ0) is 21.3. The van der Waals surface area contributed by atoms with Gasteiger partial charge in [0.1, 0.15) is 15.6 Å². The molecule has 0 aliphatic carbocycles. The smallest absolute Gasteiger partial charge is 0.191 e. The van der Waals surface area contributed by atoms with E-state index in [-0.39, 0.29) is 42.4 Å². The van der Waals surface area contributed by atoms with Crippen molar-refractivity contribution in [3.05, 3.63) is 23.2 Å². The molecular formula is C19H32ClIN4O4S. The first-order chi connectivity index (χ1) is 13.8. The summed E-state index contributed by atoms with van der Waals surface area (Å²) in [5.74, 6) is 1.56. The number of nitrogens with zero attached hydrogens (tertiary/aromatic N) is 2. The van der Waals surface area contributed by atoms with Crippen molar-refractivity contribution in [1.82, 2.24) is 10.6 Å². The van der Waals surface area contributed by atoms with Crippen molar-refractivity contribution in [2.75, 3.05) is 63.4 Å². The van der Waals surface area contributed by atoms with Crippen LogP contribution in [0.5, 0.6) is 5.75 Å². The molecule has 1 unspecified atom stereocenters. The third-order valence-corrected chi connectivity index (χ3v) is 5.60. The van der Waals surface area contributed by atoms with Gasteiger partial charge in [0.2, 0.25) is 0 Å². The fourth-order valence-electron chi connectivity index (χ4n) is 3.05. The standard InChI is InChI=1S/C19H31ClN4O4S.HI/c1-4-21-19(22-8-10-28-11-12-29(3,25)26)23-16-7-9-24(14-16)17-13-15(20)5-6-18(17)27-2;/h5-6,13,16H,4,7-12,14H2,1-3H3,(H2,21,22,23);1H. The highest BCUT2D eigenvalue weighted by molar-refractivity contribution is 14.0. The fraction of sp³-hybridized carbons (Fsp3) is 0.632. The van der Waals surface area contributed by atoms with Gasteiger partial charge in [0.05, 0.1) is 38.3 Å². The number of benzene rings is 1. The highest BCUT2D eigenvalue weighted by Crippen LogP contribution is 2.33. The number of aliphatic imine (C=N–C) groups is 1. The second-order valence-corrected chi connectivity index (χ2v) is 9.59. The number of methoxy groups -OCH3 is 1. The summed E-state index contributed by atoms with van der Waals surface area (Å²) in [4.78, 5) is 6.76. The predicted molar refractivity (Wildman–Crippen MR) is 134 cm³/mol. The molecule has 0 amide bonds. The van der Waals surface area contributed by atoms with E-state index in [1.165, 1.54) is 6.26 Å². The van der Waals surface area contributed by atoms with Crippen molar-refractivity contribution >= 4 is 57.1 Å². The molecule has 172 valence electrons. The molecule has 0 saturated carbocycles. The molecule has 0 radical (unpaired) electrons. The van der Waals surface area contributed by atoms with Crippen LogP contribution in [0.4, 0.5) is 5.69 Å². The van der Waals surface area contributed by atoms with E-state index in [0.29, 0.717) is 18.2 Å². The summed E-state index contributed by atoms with van der Waals surface area (Å²) in [6, 6.07) is 5.87. The van der Waals surface area contributed by atoms with E-state index < -0.39 is 9.84 Å². The minimum atomic E-state index is -3.00. The monoisotopic (exact) mass is 574 g/mol. The highest BCUT2D eigenvalue weighted by atomic mass is 127. The van der Waals surface area contributed by atoms with Crippen LogP contribution in [0.3, 0.4) is 0 Å². The van der Waals surface area contributed by atoms with Gasteiger partial charge >= 0.3 is 0 Å². The van der Waals surface area contributed by atoms with Gasteiger partial charge in [0.25, 0.3) is 0 Å². The third-order valence-electron chi connectivity index (χ3n) is 4.46. The zero-order valence-corrected chi connectivity index (χ0v) is 21.6. The molecule has 30 heavy (non-hydrogen) atoms. The average molecular weight is 575 g/mol. The summed E-state index contributed by atoms with van der Waals surface area (Å²) in [5.41, 5.74) is 0.991. The summed E-state index contributed by atoms with van der Waals surface area (Å²) in [7, 11) is -1.34. The predicted octanol–water partition coefficient (Wildman–Crippen LogP) is 2.16. The van der Waals surface area contributed by atoms with E-state index in [1.807, 2.05) is 25.1 Å². The minimum absolute atomic E-state index is 0. The van der Waals surface area contributed by atoms with Gasteiger partial charge < -0.3 is 25.0 Å². The normalized spacial score (nSPS) is 16.9. The van der Waals surface area contributed by atoms with Gasteiger partial charge in [-0.2, -0.15) is 0 Å². The summed E-state index contributed by atoms with van der Waals surface area (Å²) in [6.07, 6.45) is 2.16. The Labute approximate surface area is 201 Å². The Morgan fingerprint density at radius 3 is 2.80 bits per heavy atom. The van der Waals surface area contributed by atoms with Crippen LogP contribution in [0.1, 0.15) is 13.3 Å². The summed E-state index contributed by atoms with van der Waals surface area (Å²) < 4.78 is 33.0. The van der Waals surface area contributed by atoms with E-state index in [9.17, 15) is 8.42 Å². The highest BCUT2D eigenvalue weighted by Gasteiger charge is 2.25. The van der Waals surface area contributed by atoms with Crippen LogP contribution in [-0.4, -0.2) is 78.9 Å². The Kier molecular flexibility index (Phi) is 12.1. The van der Waals surface area contributed by atoms with Crippen LogP contribution in [0, 0.1) is 0 Å². The number of sulfone groups is 1. The SMILES string of the molecule is CCNC(=NCCOCCS(C)(=O)=O)NC1CCN(c2cc(Cl)ccc2OC)C1.I. The summed E-state index contributed by atoms with van der Waals surface area (Å²) in [6.45, 7) is 5.49. The molecule has 1 aromatic carbocycles. The second kappa shape index (κ2) is 13.4. The van der Waals surface area contributed by atoms with Crippen molar-refractivity contribution in [2.45, 2.75) is 19.4 Å². The van der Waals surface area contributed by atoms with Gasteiger partial charge in [0.15, 0.2) is 5.96 Å². The molecule has 1 atom stereocenters. The van der Waals surface area contributed by atoms with Crippen LogP contribution in [0.2, 0.25) is 5.02 Å². The zero-order valence-electron chi connectivity index (χ0n) is 17.7. The minimum Gasteiger partial charge on any atom is -0.495 e. The van der Waals surface area contributed by atoms with Gasteiger partial charge in [-0.1, -0.05) is 11.6 Å². The molecule has 1 saturated heterocycles. The summed E-state index contributed by atoms with van der Waals surface area (Å²) >= 11 is 6.16. The van der Waals surface area contributed by atoms with Gasteiger partial charge in [-0.15, -0.1) is 24.0 Å². The number of ether oxygens (including phenoxy) is 2. The van der Waals surface area contributed by atoms with E-state index in [0.717, 1.165) is 43.5 Å². The lowest BCUT2D eigenvalue weighted by molar-refractivity contribution is 0.157. The Balaban J connectivity index is 0.00000450. The van der Waals surface area contributed by atoms with Crippen molar-refractivity contribution in [2.24, 2.45) is 4.99 Å². The Bertz CT molecular complexity index is 795. The molecule has 0 bridgehead atoms. The maximum absolute atomic E-state index is 11.1. The Hall–Kier alpha value is -0.980. The van der Waals surface area contributed by atoms with Gasteiger partial charge in [0, 0.05) is 37.0 Å². The molecule has 1 heterocycles. The molecule has 0 aromatic heterocycles. The first-order valence-electron chi connectivity index (χ1n) is 9.71. The molecule has 1 fully saturated rings. The Morgan fingerprint density at radius 2 is 2.13 bits per heavy atom. The first-order valence-corrected chi connectivity index (χ1v) is 12.1. The molecule has 8 nitrogen and oxygen atoms in total. The molecule has 2 N–H and O–H groups in total. The number of hydrogen-bond acceptors (Lipinski definition) is 6. The first kappa shape index (κ1) is 27.1. The maximum Gasteiger partial charge on any atom is 0.191 e. The lowest BCUT2D eigenvalue weighted by atomic mass is 10.2. The van der Waals surface area contributed by atoms with E-state index in [1.54, 1.807) is 7.11 Å².